The average molecular weight is 746 g/mol. The molecule has 0 spiro atoms. The number of amides is 1. The maximum absolute atomic E-state index is 12.9. The Bertz CT molecular complexity index is 1020. The molecule has 14 heteroatoms. The van der Waals surface area contributed by atoms with Crippen molar-refractivity contribution in [3.05, 3.63) is 36.5 Å². The molecule has 12 unspecified atom stereocenters. The number of hydrogen-bond acceptors (Lipinski definition) is 13. The van der Waals surface area contributed by atoms with Gasteiger partial charge in [-0.3, -0.25) is 4.79 Å². The lowest BCUT2D eigenvalue weighted by atomic mass is 9.97. The molecule has 0 aliphatic carbocycles. The fourth-order valence-electron chi connectivity index (χ4n) is 6.03. The van der Waals surface area contributed by atoms with Crippen LogP contribution in [-0.2, 0) is 23.7 Å². The van der Waals surface area contributed by atoms with Crippen LogP contribution in [0.5, 0.6) is 0 Å². The van der Waals surface area contributed by atoms with Gasteiger partial charge in [-0.05, 0) is 44.9 Å². The first kappa shape index (κ1) is 46.4. The predicted molar refractivity (Wildman–Crippen MR) is 194 cm³/mol. The Hall–Kier alpha value is -1.79. The quantitative estimate of drug-likeness (QED) is 0.0454. The third kappa shape index (κ3) is 16.3. The van der Waals surface area contributed by atoms with E-state index in [9.17, 15) is 45.6 Å². The van der Waals surface area contributed by atoms with E-state index >= 15 is 0 Å². The first-order chi connectivity index (χ1) is 25.1. The maximum atomic E-state index is 12.9. The molecule has 0 aromatic heterocycles. The highest BCUT2D eigenvalue weighted by atomic mass is 16.7. The standard InChI is InChI=1S/C38H67NO13/c1-3-5-7-9-10-11-12-13-14-15-16-18-20-22-30(43)39-26(27(42)21-19-17-8-6-4-2)25-49-37-35(48)33(46)36(29(24-41)51-37)52-38-34(47)32(45)31(44)28(23-40)50-38/h7,9,11-12,19,21,26-29,31-38,40-42,44-48H,3-6,8,10,13-18,20,22-25H2,1-2H3,(H,39,43)/b9-7-,12-11-,21-19+. The molecule has 2 heterocycles. The van der Waals surface area contributed by atoms with Crippen LogP contribution >= 0.6 is 0 Å². The summed E-state index contributed by atoms with van der Waals surface area (Å²) < 4.78 is 22.4. The van der Waals surface area contributed by atoms with Crippen LogP contribution in [0.3, 0.4) is 0 Å². The van der Waals surface area contributed by atoms with Crippen molar-refractivity contribution in [3.63, 3.8) is 0 Å². The van der Waals surface area contributed by atoms with Crippen LogP contribution in [0.25, 0.3) is 0 Å². The number of aliphatic hydroxyl groups is 8. The number of hydrogen-bond donors (Lipinski definition) is 9. The van der Waals surface area contributed by atoms with E-state index in [-0.39, 0.29) is 18.9 Å². The third-order valence-corrected chi connectivity index (χ3v) is 9.30. The minimum absolute atomic E-state index is 0.262. The van der Waals surface area contributed by atoms with E-state index in [4.69, 9.17) is 18.9 Å². The summed E-state index contributed by atoms with van der Waals surface area (Å²) in [7, 11) is 0. The molecule has 2 rings (SSSR count). The summed E-state index contributed by atoms with van der Waals surface area (Å²) in [6, 6.07) is -0.915. The zero-order valence-electron chi connectivity index (χ0n) is 31.0. The van der Waals surface area contributed by atoms with Crippen molar-refractivity contribution in [2.75, 3.05) is 19.8 Å². The van der Waals surface area contributed by atoms with Gasteiger partial charge in [-0.2, -0.15) is 0 Å². The normalized spacial score (nSPS) is 31.1. The van der Waals surface area contributed by atoms with E-state index < -0.39 is 86.8 Å². The van der Waals surface area contributed by atoms with Gasteiger partial charge in [-0.25, -0.2) is 0 Å². The molecular weight excluding hydrogens is 678 g/mol. The number of carbonyl (C=O) groups excluding carboxylic acids is 1. The molecule has 2 fully saturated rings. The number of nitrogens with one attached hydrogen (secondary N) is 1. The summed E-state index contributed by atoms with van der Waals surface area (Å²) in [6.45, 7) is 2.53. The van der Waals surface area contributed by atoms with Crippen molar-refractivity contribution in [2.45, 2.75) is 177 Å². The molecule has 2 aliphatic rings. The first-order valence-corrected chi connectivity index (χ1v) is 19.2. The van der Waals surface area contributed by atoms with E-state index in [1.165, 1.54) is 0 Å². The highest BCUT2D eigenvalue weighted by molar-refractivity contribution is 5.76. The molecule has 0 radical (unpaired) electrons. The summed E-state index contributed by atoms with van der Waals surface area (Å²) in [6.07, 6.45) is 8.36. The zero-order valence-corrected chi connectivity index (χ0v) is 31.0. The monoisotopic (exact) mass is 745 g/mol. The van der Waals surface area contributed by atoms with Gasteiger partial charge in [0.25, 0.3) is 0 Å². The first-order valence-electron chi connectivity index (χ1n) is 19.2. The van der Waals surface area contributed by atoms with Crippen molar-refractivity contribution >= 4 is 5.91 Å². The molecule has 52 heavy (non-hydrogen) atoms. The largest absolute Gasteiger partial charge is 0.394 e. The van der Waals surface area contributed by atoms with Crippen LogP contribution < -0.4 is 5.32 Å². The van der Waals surface area contributed by atoms with Crippen molar-refractivity contribution in [1.82, 2.24) is 5.32 Å². The van der Waals surface area contributed by atoms with Crippen molar-refractivity contribution < 1.29 is 64.6 Å². The second-order valence-corrected chi connectivity index (χ2v) is 13.7. The number of allylic oxidation sites excluding steroid dienone is 5. The SMILES string of the molecule is CCC/C=C\C/C=C\CCCCCCCC(=O)NC(COC1OC(CO)C(OC2OC(CO)C(O)C(O)C2O)C(O)C1O)C(O)/C=C/CCCCC. The van der Waals surface area contributed by atoms with Crippen molar-refractivity contribution in [2.24, 2.45) is 0 Å². The summed E-state index contributed by atoms with van der Waals surface area (Å²) in [5, 5.41) is 85.6. The fourth-order valence-corrected chi connectivity index (χ4v) is 6.03. The summed E-state index contributed by atoms with van der Waals surface area (Å²) in [5.41, 5.74) is 0. The molecule has 1 amide bonds. The summed E-state index contributed by atoms with van der Waals surface area (Å²) in [5.74, 6) is -0.266. The van der Waals surface area contributed by atoms with E-state index in [0.717, 1.165) is 77.0 Å². The van der Waals surface area contributed by atoms with Gasteiger partial charge < -0.3 is 65.1 Å². The lowest BCUT2D eigenvalue weighted by molar-refractivity contribution is -0.359. The molecular formula is C38H67NO13. The van der Waals surface area contributed by atoms with E-state index in [0.29, 0.717) is 6.42 Å². The third-order valence-electron chi connectivity index (χ3n) is 9.30. The number of carbonyl (C=O) groups is 1. The lowest BCUT2D eigenvalue weighted by Crippen LogP contribution is -2.65. The maximum Gasteiger partial charge on any atom is 0.220 e. The molecule has 14 nitrogen and oxygen atoms in total. The Morgan fingerprint density at radius 2 is 1.31 bits per heavy atom. The highest BCUT2D eigenvalue weighted by Crippen LogP contribution is 2.29. The van der Waals surface area contributed by atoms with Gasteiger partial charge in [0, 0.05) is 6.42 Å². The van der Waals surface area contributed by atoms with Gasteiger partial charge in [-0.1, -0.05) is 88.8 Å². The van der Waals surface area contributed by atoms with Gasteiger partial charge in [-0.15, -0.1) is 0 Å². The van der Waals surface area contributed by atoms with Crippen LogP contribution in [0.1, 0.15) is 104 Å². The smallest absolute Gasteiger partial charge is 0.220 e. The van der Waals surface area contributed by atoms with E-state index in [2.05, 4.69) is 43.5 Å². The second-order valence-electron chi connectivity index (χ2n) is 13.7. The number of rotatable bonds is 26. The fraction of sp³-hybridized carbons (Fsp3) is 0.816. The molecule has 0 aromatic rings. The van der Waals surface area contributed by atoms with E-state index in [1.54, 1.807) is 6.08 Å². The Kier molecular flexibility index (Phi) is 24.0. The van der Waals surface area contributed by atoms with Gasteiger partial charge in [0.05, 0.1) is 32.0 Å². The van der Waals surface area contributed by atoms with Crippen LogP contribution in [0.15, 0.2) is 36.5 Å². The highest BCUT2D eigenvalue weighted by Gasteiger charge is 2.50. The molecule has 302 valence electrons. The summed E-state index contributed by atoms with van der Waals surface area (Å²) >= 11 is 0. The predicted octanol–water partition coefficient (Wildman–Crippen LogP) is 1.64. The minimum Gasteiger partial charge on any atom is -0.394 e. The van der Waals surface area contributed by atoms with Gasteiger partial charge in [0.15, 0.2) is 12.6 Å². The topological polar surface area (TPSA) is 228 Å². The van der Waals surface area contributed by atoms with Crippen molar-refractivity contribution in [1.29, 1.82) is 0 Å². The lowest BCUT2D eigenvalue weighted by Gasteiger charge is -2.46. The Morgan fingerprint density at radius 1 is 0.692 bits per heavy atom. The molecule has 0 saturated carbocycles. The Balaban J connectivity index is 1.91. The van der Waals surface area contributed by atoms with Crippen molar-refractivity contribution in [3.8, 4) is 0 Å². The van der Waals surface area contributed by atoms with Crippen LogP contribution in [0.2, 0.25) is 0 Å². The van der Waals surface area contributed by atoms with Crippen LogP contribution in [0.4, 0.5) is 0 Å². The average Bonchev–Trinajstić information content (AvgIpc) is 3.14. The van der Waals surface area contributed by atoms with E-state index in [1.807, 2.05) is 6.08 Å². The van der Waals surface area contributed by atoms with Gasteiger partial charge in [0.2, 0.25) is 5.91 Å². The summed E-state index contributed by atoms with van der Waals surface area (Å²) in [4.78, 5) is 12.9. The number of aliphatic hydroxyl groups excluding tert-OH is 8. The van der Waals surface area contributed by atoms with Crippen LogP contribution in [0, 0.1) is 0 Å². The number of unbranched alkanes of at least 4 members (excludes halogenated alkanes) is 9. The Labute approximate surface area is 309 Å². The number of ether oxygens (including phenoxy) is 4. The zero-order chi connectivity index (χ0) is 38.3. The molecule has 9 N–H and O–H groups in total. The minimum atomic E-state index is -1.79. The van der Waals surface area contributed by atoms with Gasteiger partial charge in [0.1, 0.15) is 48.8 Å². The van der Waals surface area contributed by atoms with Gasteiger partial charge >= 0.3 is 0 Å². The van der Waals surface area contributed by atoms with Crippen LogP contribution in [-0.4, -0.2) is 140 Å². The molecule has 12 atom stereocenters. The molecule has 2 aliphatic heterocycles. The Morgan fingerprint density at radius 3 is 2.00 bits per heavy atom. The molecule has 0 bridgehead atoms. The second kappa shape index (κ2) is 26.9. The molecule has 2 saturated heterocycles. The molecule has 0 aromatic carbocycles.